The minimum atomic E-state index is -2.06. The molecule has 18 heavy (non-hydrogen) atoms. The molecule has 3 atom stereocenters. The van der Waals surface area contributed by atoms with Crippen molar-refractivity contribution in [1.82, 2.24) is 10.0 Å². The third kappa shape index (κ3) is 2.91. The van der Waals surface area contributed by atoms with E-state index in [9.17, 15) is 14.3 Å². The zero-order chi connectivity index (χ0) is 13.1. The minimum Gasteiger partial charge on any atom is -0.314 e. The van der Waals surface area contributed by atoms with Gasteiger partial charge in [-0.1, -0.05) is 12.1 Å². The smallest absolute Gasteiger partial charge is 0.269 e. The van der Waals surface area contributed by atoms with Gasteiger partial charge in [-0.25, -0.2) is 8.93 Å². The highest BCUT2D eigenvalue weighted by atomic mass is 32.2. The summed E-state index contributed by atoms with van der Waals surface area (Å²) in [5.41, 5.74) is 0.952. The van der Waals surface area contributed by atoms with E-state index in [1.54, 1.807) is 12.1 Å². The van der Waals surface area contributed by atoms with Gasteiger partial charge in [-0.3, -0.25) is 14.7 Å². The second-order valence-electron chi connectivity index (χ2n) is 4.09. The van der Waals surface area contributed by atoms with E-state index in [0.717, 1.165) is 5.56 Å². The molecule has 1 aromatic rings. The van der Waals surface area contributed by atoms with Crippen LogP contribution < -0.4 is 10.0 Å². The number of nitro groups is 1. The Labute approximate surface area is 106 Å². The van der Waals surface area contributed by atoms with Gasteiger partial charge in [0.25, 0.3) is 5.69 Å². The topological polar surface area (TPSA) is 105 Å². The number of rotatable bonds is 4. The molecule has 3 unspecified atom stereocenters. The highest BCUT2D eigenvalue weighted by molar-refractivity contribution is 7.77. The number of hydrogen-bond acceptors (Lipinski definition) is 4. The fourth-order valence-electron chi connectivity index (χ4n) is 2.13. The van der Waals surface area contributed by atoms with Crippen LogP contribution in [0.5, 0.6) is 0 Å². The highest BCUT2D eigenvalue weighted by Crippen LogP contribution is 2.25. The molecule has 98 valence electrons. The molecule has 0 bridgehead atoms. The third-order valence-electron chi connectivity index (χ3n) is 3.00. The zero-order valence-electron chi connectivity index (χ0n) is 9.41. The van der Waals surface area contributed by atoms with E-state index in [2.05, 4.69) is 10.0 Å². The predicted molar refractivity (Wildman–Crippen MR) is 66.4 cm³/mol. The lowest BCUT2D eigenvalue weighted by atomic mass is 9.95. The maximum atomic E-state index is 10.8. The van der Waals surface area contributed by atoms with E-state index in [1.165, 1.54) is 12.1 Å². The van der Waals surface area contributed by atoms with Crippen molar-refractivity contribution in [2.75, 3.05) is 13.1 Å². The molecule has 8 heteroatoms. The standard InChI is InChI=1S/C10H13N3O4S/c14-13(15)8-3-1-7(2-4-8)9-5-11-6-10(9)12-18(16)17/h1-4,9-12H,5-6H2,(H,16,17). The van der Waals surface area contributed by atoms with E-state index in [4.69, 9.17) is 4.55 Å². The molecule has 3 N–H and O–H groups in total. The predicted octanol–water partition coefficient (Wildman–Crippen LogP) is 0.376. The van der Waals surface area contributed by atoms with Gasteiger partial charge < -0.3 is 5.32 Å². The molecule has 2 rings (SSSR count). The number of benzene rings is 1. The Balaban J connectivity index is 2.14. The van der Waals surface area contributed by atoms with Crippen molar-refractivity contribution in [3.8, 4) is 0 Å². The first-order valence-electron chi connectivity index (χ1n) is 5.40. The normalized spacial score (nSPS) is 24.9. The van der Waals surface area contributed by atoms with Crippen LogP contribution >= 0.6 is 0 Å². The fourth-order valence-corrected chi connectivity index (χ4v) is 2.63. The number of hydrogen-bond donors (Lipinski definition) is 3. The van der Waals surface area contributed by atoms with Crippen LogP contribution in [0.25, 0.3) is 0 Å². The molecule has 0 amide bonds. The summed E-state index contributed by atoms with van der Waals surface area (Å²) >= 11 is -2.06. The lowest BCUT2D eigenvalue weighted by Gasteiger charge is -2.17. The van der Waals surface area contributed by atoms with Crippen LogP contribution in [0.15, 0.2) is 24.3 Å². The maximum Gasteiger partial charge on any atom is 0.269 e. The SMILES string of the molecule is O=[N+]([O-])c1ccc(C2CNCC2NS(=O)O)cc1. The second-order valence-corrected chi connectivity index (χ2v) is 4.82. The molecule has 7 nitrogen and oxygen atoms in total. The lowest BCUT2D eigenvalue weighted by molar-refractivity contribution is -0.384. The van der Waals surface area contributed by atoms with Gasteiger partial charge in [-0.05, 0) is 5.56 Å². The molecule has 0 aromatic heterocycles. The van der Waals surface area contributed by atoms with Gasteiger partial charge in [-0.15, -0.1) is 0 Å². The maximum absolute atomic E-state index is 10.8. The molecule has 0 spiro atoms. The summed E-state index contributed by atoms with van der Waals surface area (Å²) in [6, 6.07) is 6.11. The van der Waals surface area contributed by atoms with Gasteiger partial charge in [0.05, 0.1) is 4.92 Å². The number of nitrogens with zero attached hydrogens (tertiary/aromatic N) is 1. The van der Waals surface area contributed by atoms with E-state index < -0.39 is 16.2 Å². The average molecular weight is 271 g/mol. The summed E-state index contributed by atoms with van der Waals surface area (Å²) in [6.45, 7) is 1.26. The van der Waals surface area contributed by atoms with Crippen molar-refractivity contribution in [2.45, 2.75) is 12.0 Å². The summed E-state index contributed by atoms with van der Waals surface area (Å²) in [7, 11) is 0. The van der Waals surface area contributed by atoms with E-state index in [-0.39, 0.29) is 17.6 Å². The van der Waals surface area contributed by atoms with Gasteiger partial charge in [0.1, 0.15) is 0 Å². The summed E-state index contributed by atoms with van der Waals surface area (Å²) in [6.07, 6.45) is 0. The molecule has 1 heterocycles. The first-order chi connectivity index (χ1) is 8.58. The minimum absolute atomic E-state index is 0.0295. The fraction of sp³-hybridized carbons (Fsp3) is 0.400. The number of nitrogens with one attached hydrogen (secondary N) is 2. The monoisotopic (exact) mass is 271 g/mol. The zero-order valence-corrected chi connectivity index (χ0v) is 10.2. The molecular weight excluding hydrogens is 258 g/mol. The van der Waals surface area contributed by atoms with Gasteiger partial charge >= 0.3 is 0 Å². The highest BCUT2D eigenvalue weighted by Gasteiger charge is 2.29. The van der Waals surface area contributed by atoms with Gasteiger partial charge in [-0.2, -0.15) is 0 Å². The van der Waals surface area contributed by atoms with Crippen molar-refractivity contribution >= 4 is 17.0 Å². The van der Waals surface area contributed by atoms with Crippen LogP contribution in [0.2, 0.25) is 0 Å². The van der Waals surface area contributed by atoms with Gasteiger partial charge in [0, 0.05) is 37.2 Å². The first-order valence-corrected chi connectivity index (χ1v) is 6.50. The average Bonchev–Trinajstić information content (AvgIpc) is 2.76. The molecule has 0 aliphatic carbocycles. The molecule has 1 fully saturated rings. The van der Waals surface area contributed by atoms with Crippen LogP contribution in [-0.2, 0) is 11.3 Å². The Kier molecular flexibility index (Phi) is 4.02. The van der Waals surface area contributed by atoms with E-state index in [1.807, 2.05) is 0 Å². The lowest BCUT2D eigenvalue weighted by Crippen LogP contribution is -2.36. The Hall–Kier alpha value is -1.35. The molecule has 1 aliphatic rings. The molecule has 1 aliphatic heterocycles. The molecular formula is C10H13N3O4S. The molecule has 1 saturated heterocycles. The van der Waals surface area contributed by atoms with Crippen molar-refractivity contribution < 1.29 is 13.7 Å². The van der Waals surface area contributed by atoms with Crippen molar-refractivity contribution in [1.29, 1.82) is 0 Å². The van der Waals surface area contributed by atoms with Gasteiger partial charge in [0.2, 0.25) is 11.3 Å². The van der Waals surface area contributed by atoms with Gasteiger partial charge in [0.15, 0.2) is 0 Å². The third-order valence-corrected chi connectivity index (χ3v) is 3.50. The summed E-state index contributed by atoms with van der Waals surface area (Å²) in [5, 5.41) is 13.7. The Morgan fingerprint density at radius 1 is 1.39 bits per heavy atom. The van der Waals surface area contributed by atoms with E-state index in [0.29, 0.717) is 13.1 Å². The van der Waals surface area contributed by atoms with Crippen LogP contribution in [0.1, 0.15) is 11.5 Å². The first kappa shape index (κ1) is 13.1. The largest absolute Gasteiger partial charge is 0.314 e. The Morgan fingerprint density at radius 3 is 2.61 bits per heavy atom. The summed E-state index contributed by atoms with van der Waals surface area (Å²) in [4.78, 5) is 10.1. The van der Waals surface area contributed by atoms with Crippen molar-refractivity contribution in [3.63, 3.8) is 0 Å². The van der Waals surface area contributed by atoms with Crippen LogP contribution in [0, 0.1) is 10.1 Å². The molecule has 1 aromatic carbocycles. The van der Waals surface area contributed by atoms with Crippen LogP contribution in [0.3, 0.4) is 0 Å². The van der Waals surface area contributed by atoms with Crippen molar-refractivity contribution in [3.05, 3.63) is 39.9 Å². The molecule has 0 radical (unpaired) electrons. The number of non-ortho nitro benzene ring substituents is 1. The summed E-state index contributed by atoms with van der Waals surface area (Å²) in [5.74, 6) is 0.0295. The summed E-state index contributed by atoms with van der Waals surface area (Å²) < 4.78 is 22.2. The Morgan fingerprint density at radius 2 is 2.06 bits per heavy atom. The quantitative estimate of drug-likeness (QED) is 0.417. The Bertz CT molecular complexity index is 465. The van der Waals surface area contributed by atoms with Crippen LogP contribution in [-0.4, -0.2) is 32.8 Å². The number of nitro benzene ring substituents is 1. The van der Waals surface area contributed by atoms with Crippen molar-refractivity contribution in [2.24, 2.45) is 0 Å². The second kappa shape index (κ2) is 5.53. The van der Waals surface area contributed by atoms with Crippen LogP contribution in [0.4, 0.5) is 5.69 Å². The molecule has 0 saturated carbocycles. The van der Waals surface area contributed by atoms with E-state index >= 15 is 0 Å².